The van der Waals surface area contributed by atoms with Crippen LogP contribution in [0.2, 0.25) is 5.02 Å². The number of guanidine groups is 2. The van der Waals surface area contributed by atoms with Crippen LogP contribution in [0.4, 0.5) is 5.69 Å². The quantitative estimate of drug-likeness (QED) is 0.538. The smallest absolute Gasteiger partial charge is 0.223 e. The van der Waals surface area contributed by atoms with E-state index in [1.54, 1.807) is 12.1 Å². The molecule has 0 unspecified atom stereocenters. The maximum absolute atomic E-state index is 5.98. The van der Waals surface area contributed by atoms with Crippen molar-refractivity contribution in [3.63, 3.8) is 0 Å². The van der Waals surface area contributed by atoms with E-state index in [1.165, 1.54) is 7.11 Å². The average molecular weight is 256 g/mol. The van der Waals surface area contributed by atoms with Gasteiger partial charge < -0.3 is 21.9 Å². The van der Waals surface area contributed by atoms with Gasteiger partial charge in [0.05, 0.1) is 7.11 Å². The Kier molecular flexibility index (Phi) is 4.17. The fourth-order valence-electron chi connectivity index (χ4n) is 1.18. The van der Waals surface area contributed by atoms with E-state index in [2.05, 4.69) is 9.98 Å². The lowest BCUT2D eigenvalue weighted by Gasteiger charge is -2.07. The molecule has 92 valence electrons. The molecule has 0 bridgehead atoms. The first-order chi connectivity index (χ1) is 7.93. The summed E-state index contributed by atoms with van der Waals surface area (Å²) in [6, 6.07) is 3.38. The third-order valence-electron chi connectivity index (χ3n) is 1.94. The first-order valence-corrected chi connectivity index (χ1v) is 5.09. The fraction of sp³-hybridized carbons (Fsp3) is 0.200. The third-order valence-corrected chi connectivity index (χ3v) is 2.35. The van der Waals surface area contributed by atoms with E-state index in [4.69, 9.17) is 33.5 Å². The summed E-state index contributed by atoms with van der Waals surface area (Å²) in [6.45, 7) is 1.86. The first-order valence-electron chi connectivity index (χ1n) is 4.72. The second-order valence-corrected chi connectivity index (χ2v) is 3.69. The minimum Gasteiger partial charge on any atom is -0.494 e. The van der Waals surface area contributed by atoms with Gasteiger partial charge in [-0.1, -0.05) is 11.6 Å². The van der Waals surface area contributed by atoms with E-state index in [0.29, 0.717) is 16.5 Å². The molecular formula is C10H14ClN5O. The van der Waals surface area contributed by atoms with Crippen LogP contribution in [0.25, 0.3) is 0 Å². The standard InChI is InChI=1S/C10H14ClN5O/c1-5-3-8(17-2)7(4-6(5)11)15-10(14)16-9(12)13/h3-4H,1-2H3,(H6,12,13,14,15,16). The van der Waals surface area contributed by atoms with Crippen molar-refractivity contribution >= 4 is 29.2 Å². The van der Waals surface area contributed by atoms with Crippen LogP contribution in [-0.2, 0) is 0 Å². The molecular weight excluding hydrogens is 242 g/mol. The molecule has 0 saturated carbocycles. The fourth-order valence-corrected chi connectivity index (χ4v) is 1.33. The lowest BCUT2D eigenvalue weighted by molar-refractivity contribution is 0.416. The summed E-state index contributed by atoms with van der Waals surface area (Å²) < 4.78 is 5.15. The first kappa shape index (κ1) is 13.1. The predicted octanol–water partition coefficient (Wildman–Crippen LogP) is 0.877. The minimum atomic E-state index is -0.163. The van der Waals surface area contributed by atoms with Crippen LogP contribution >= 0.6 is 11.6 Å². The highest BCUT2D eigenvalue weighted by Crippen LogP contribution is 2.33. The molecule has 7 heteroatoms. The summed E-state index contributed by atoms with van der Waals surface area (Å²) in [5.74, 6) is 0.312. The van der Waals surface area contributed by atoms with E-state index < -0.39 is 0 Å². The van der Waals surface area contributed by atoms with E-state index in [0.717, 1.165) is 5.56 Å². The zero-order valence-corrected chi connectivity index (χ0v) is 10.3. The van der Waals surface area contributed by atoms with Gasteiger partial charge in [0.2, 0.25) is 5.96 Å². The molecule has 6 nitrogen and oxygen atoms in total. The number of methoxy groups -OCH3 is 1. The van der Waals surface area contributed by atoms with Gasteiger partial charge in [0.1, 0.15) is 11.4 Å². The topological polar surface area (TPSA) is 112 Å². The monoisotopic (exact) mass is 255 g/mol. The minimum absolute atomic E-state index is 0.0665. The number of aryl methyl sites for hydroxylation is 1. The number of benzene rings is 1. The summed E-state index contributed by atoms with van der Waals surface area (Å²) in [5.41, 5.74) is 17.2. The van der Waals surface area contributed by atoms with Gasteiger partial charge in [-0.2, -0.15) is 4.99 Å². The maximum atomic E-state index is 5.98. The van der Waals surface area contributed by atoms with Crippen LogP contribution in [0.5, 0.6) is 5.75 Å². The zero-order valence-electron chi connectivity index (χ0n) is 9.57. The van der Waals surface area contributed by atoms with Gasteiger partial charge in [-0.15, -0.1) is 0 Å². The van der Waals surface area contributed by atoms with Gasteiger partial charge in [-0.05, 0) is 24.6 Å². The van der Waals surface area contributed by atoms with Gasteiger partial charge >= 0.3 is 0 Å². The van der Waals surface area contributed by atoms with Crippen LogP contribution in [0, 0.1) is 6.92 Å². The lowest BCUT2D eigenvalue weighted by Crippen LogP contribution is -2.26. The Morgan fingerprint density at radius 1 is 1.29 bits per heavy atom. The van der Waals surface area contributed by atoms with Crippen molar-refractivity contribution in [2.75, 3.05) is 7.11 Å². The number of hydrogen-bond donors (Lipinski definition) is 3. The molecule has 0 aliphatic carbocycles. The van der Waals surface area contributed by atoms with Crippen molar-refractivity contribution in [2.24, 2.45) is 27.2 Å². The number of aliphatic imine (C=N–C) groups is 2. The number of rotatable bonds is 2. The summed E-state index contributed by atoms with van der Waals surface area (Å²) in [6.07, 6.45) is 0. The molecule has 6 N–H and O–H groups in total. The normalized spacial score (nSPS) is 11.1. The van der Waals surface area contributed by atoms with E-state index in [9.17, 15) is 0 Å². The van der Waals surface area contributed by atoms with Crippen molar-refractivity contribution in [1.82, 2.24) is 0 Å². The summed E-state index contributed by atoms with van der Waals surface area (Å²) in [7, 11) is 1.53. The molecule has 0 fully saturated rings. The number of halogens is 1. The Morgan fingerprint density at radius 3 is 2.47 bits per heavy atom. The highest BCUT2D eigenvalue weighted by atomic mass is 35.5. The van der Waals surface area contributed by atoms with Gasteiger partial charge in [-0.25, -0.2) is 4.99 Å². The van der Waals surface area contributed by atoms with Crippen molar-refractivity contribution in [2.45, 2.75) is 6.92 Å². The highest BCUT2D eigenvalue weighted by Gasteiger charge is 2.06. The van der Waals surface area contributed by atoms with Gasteiger partial charge in [0.15, 0.2) is 5.96 Å². The maximum Gasteiger partial charge on any atom is 0.223 e. The molecule has 1 aromatic rings. The molecule has 0 amide bonds. The molecule has 17 heavy (non-hydrogen) atoms. The molecule has 1 rings (SSSR count). The predicted molar refractivity (Wildman–Crippen MR) is 69.8 cm³/mol. The van der Waals surface area contributed by atoms with Gasteiger partial charge in [-0.3, -0.25) is 0 Å². The summed E-state index contributed by atoms with van der Waals surface area (Å²) in [5, 5.41) is 0.557. The second kappa shape index (κ2) is 5.40. The molecule has 0 aliphatic rings. The summed E-state index contributed by atoms with van der Waals surface area (Å²) in [4.78, 5) is 7.61. The largest absolute Gasteiger partial charge is 0.494 e. The van der Waals surface area contributed by atoms with Crippen LogP contribution in [-0.4, -0.2) is 19.0 Å². The molecule has 0 heterocycles. The lowest BCUT2D eigenvalue weighted by atomic mass is 10.2. The highest BCUT2D eigenvalue weighted by molar-refractivity contribution is 6.31. The Hall–Kier alpha value is -1.95. The van der Waals surface area contributed by atoms with E-state index in [1.807, 2.05) is 6.92 Å². The molecule has 0 radical (unpaired) electrons. The van der Waals surface area contributed by atoms with Crippen LogP contribution < -0.4 is 21.9 Å². The van der Waals surface area contributed by atoms with Gasteiger partial charge in [0, 0.05) is 5.02 Å². The van der Waals surface area contributed by atoms with Crippen molar-refractivity contribution in [3.05, 3.63) is 22.7 Å². The molecule has 0 aliphatic heterocycles. The zero-order chi connectivity index (χ0) is 13.0. The Bertz CT molecular complexity index is 480. The van der Waals surface area contributed by atoms with Gasteiger partial charge in [0.25, 0.3) is 0 Å². The van der Waals surface area contributed by atoms with Crippen LogP contribution in [0.1, 0.15) is 5.56 Å². The number of ether oxygens (including phenoxy) is 1. The second-order valence-electron chi connectivity index (χ2n) is 3.28. The SMILES string of the molecule is COc1cc(C)c(Cl)cc1N=C(N)N=C(N)N. The Morgan fingerprint density at radius 2 is 1.94 bits per heavy atom. The third kappa shape index (κ3) is 3.53. The van der Waals surface area contributed by atoms with Crippen molar-refractivity contribution in [1.29, 1.82) is 0 Å². The van der Waals surface area contributed by atoms with Crippen LogP contribution in [0.15, 0.2) is 22.1 Å². The number of nitrogens with zero attached hydrogens (tertiary/aromatic N) is 2. The number of hydrogen-bond acceptors (Lipinski definition) is 2. The molecule has 0 aromatic heterocycles. The molecule has 0 saturated heterocycles. The summed E-state index contributed by atoms with van der Waals surface area (Å²) >= 11 is 5.98. The molecule has 0 spiro atoms. The molecule has 1 aromatic carbocycles. The van der Waals surface area contributed by atoms with E-state index in [-0.39, 0.29) is 11.9 Å². The number of nitrogens with two attached hydrogens (primary N) is 3. The van der Waals surface area contributed by atoms with Crippen molar-refractivity contribution < 1.29 is 4.74 Å². The Balaban J connectivity index is 3.22. The van der Waals surface area contributed by atoms with E-state index >= 15 is 0 Å². The average Bonchev–Trinajstić information content (AvgIpc) is 2.21. The van der Waals surface area contributed by atoms with Crippen molar-refractivity contribution in [3.8, 4) is 5.75 Å². The molecule has 0 atom stereocenters. The Labute approximate surface area is 104 Å². The van der Waals surface area contributed by atoms with Crippen LogP contribution in [0.3, 0.4) is 0 Å².